The van der Waals surface area contributed by atoms with Crippen LogP contribution in [0, 0.1) is 0 Å². The van der Waals surface area contributed by atoms with Crippen LogP contribution in [0.15, 0.2) is 36.0 Å². The molecule has 0 fully saturated rings. The first-order valence-electron chi connectivity index (χ1n) is 8.42. The van der Waals surface area contributed by atoms with E-state index in [0.29, 0.717) is 19.1 Å². The lowest BCUT2D eigenvalue weighted by Gasteiger charge is -2.32. The van der Waals surface area contributed by atoms with Crippen LogP contribution in [0.3, 0.4) is 0 Å². The van der Waals surface area contributed by atoms with E-state index in [2.05, 4.69) is 38.9 Å². The minimum Gasteiger partial charge on any atom is -0.338 e. The maximum absolute atomic E-state index is 11.9. The summed E-state index contributed by atoms with van der Waals surface area (Å²) in [5, 5.41) is 8.06. The highest BCUT2D eigenvalue weighted by molar-refractivity contribution is 7.10. The average molecular weight is 344 g/mol. The van der Waals surface area contributed by atoms with E-state index in [1.54, 1.807) is 6.20 Å². The second-order valence-corrected chi connectivity index (χ2v) is 7.19. The zero-order valence-corrected chi connectivity index (χ0v) is 14.8. The van der Waals surface area contributed by atoms with Gasteiger partial charge in [0.25, 0.3) is 0 Å². The number of aromatic nitrogens is 1. The second-order valence-electron chi connectivity index (χ2n) is 6.19. The molecule has 0 aromatic carbocycles. The number of rotatable bonds is 6. The number of hydrogen-bond donors (Lipinski definition) is 2. The van der Waals surface area contributed by atoms with Gasteiger partial charge >= 0.3 is 6.03 Å². The Morgan fingerprint density at radius 3 is 3.17 bits per heavy atom. The Hall–Kier alpha value is -1.92. The molecule has 0 bridgehead atoms. The van der Waals surface area contributed by atoms with Gasteiger partial charge in [-0.2, -0.15) is 0 Å². The molecule has 2 N–H and O–H groups in total. The monoisotopic (exact) mass is 344 g/mol. The fourth-order valence-corrected chi connectivity index (χ4v) is 3.83. The molecule has 1 atom stereocenters. The molecule has 5 nitrogen and oxygen atoms in total. The van der Waals surface area contributed by atoms with E-state index in [0.717, 1.165) is 31.5 Å². The van der Waals surface area contributed by atoms with Crippen molar-refractivity contribution in [1.29, 1.82) is 0 Å². The van der Waals surface area contributed by atoms with Crippen LogP contribution in [-0.2, 0) is 19.4 Å². The van der Waals surface area contributed by atoms with Crippen molar-refractivity contribution in [2.75, 3.05) is 19.6 Å². The van der Waals surface area contributed by atoms with Crippen LogP contribution in [0.2, 0.25) is 0 Å². The summed E-state index contributed by atoms with van der Waals surface area (Å²) in [6.45, 7) is 5.52. The smallest absolute Gasteiger partial charge is 0.314 e. The van der Waals surface area contributed by atoms with Gasteiger partial charge in [-0.1, -0.05) is 6.07 Å². The zero-order chi connectivity index (χ0) is 16.8. The summed E-state index contributed by atoms with van der Waals surface area (Å²) >= 11 is 1.85. The molecular formula is C18H24N4OS. The molecule has 0 saturated carbocycles. The fourth-order valence-electron chi connectivity index (χ4n) is 2.94. The van der Waals surface area contributed by atoms with Crippen molar-refractivity contribution in [3.63, 3.8) is 0 Å². The average Bonchev–Trinajstić information content (AvgIpc) is 3.08. The minimum atomic E-state index is -0.0982. The van der Waals surface area contributed by atoms with Crippen molar-refractivity contribution in [1.82, 2.24) is 20.5 Å². The molecule has 0 aliphatic carbocycles. The molecule has 128 valence electrons. The molecule has 1 unspecified atom stereocenters. The van der Waals surface area contributed by atoms with Crippen LogP contribution in [0.1, 0.15) is 22.9 Å². The summed E-state index contributed by atoms with van der Waals surface area (Å²) in [6.07, 6.45) is 5.50. The molecular weight excluding hydrogens is 320 g/mol. The van der Waals surface area contributed by atoms with Crippen LogP contribution in [0.5, 0.6) is 0 Å². The minimum absolute atomic E-state index is 0.0982. The lowest BCUT2D eigenvalue weighted by atomic mass is 10.1. The number of nitrogens with zero attached hydrogens (tertiary/aromatic N) is 2. The lowest BCUT2D eigenvalue weighted by Crippen LogP contribution is -2.46. The number of carbonyl (C=O) groups excluding carboxylic acids is 1. The largest absolute Gasteiger partial charge is 0.338 e. The summed E-state index contributed by atoms with van der Waals surface area (Å²) in [5.41, 5.74) is 2.57. The number of carbonyl (C=O) groups is 1. The van der Waals surface area contributed by atoms with Gasteiger partial charge < -0.3 is 10.6 Å². The standard InChI is InChI=1S/C18H24N4OS/c1-14(22-9-5-17-16(13-22)6-10-24-17)11-21-18(23)20-8-4-15-3-2-7-19-12-15/h2-3,6-7,10,12,14H,4-5,8-9,11,13H2,1H3,(H2,20,21,23). The molecule has 0 radical (unpaired) electrons. The van der Waals surface area contributed by atoms with Crippen LogP contribution >= 0.6 is 11.3 Å². The Morgan fingerprint density at radius 1 is 1.42 bits per heavy atom. The first-order chi connectivity index (χ1) is 11.7. The molecule has 3 heterocycles. The predicted octanol–water partition coefficient (Wildman–Crippen LogP) is 2.43. The molecule has 24 heavy (non-hydrogen) atoms. The topological polar surface area (TPSA) is 57.3 Å². The van der Waals surface area contributed by atoms with Gasteiger partial charge in [-0.05, 0) is 48.4 Å². The van der Waals surface area contributed by atoms with Crippen LogP contribution in [-0.4, -0.2) is 41.6 Å². The maximum Gasteiger partial charge on any atom is 0.314 e. The van der Waals surface area contributed by atoms with Crippen LogP contribution in [0.25, 0.3) is 0 Å². The lowest BCUT2D eigenvalue weighted by molar-refractivity contribution is 0.186. The quantitative estimate of drug-likeness (QED) is 0.846. The van der Waals surface area contributed by atoms with Gasteiger partial charge in [-0.25, -0.2) is 4.79 Å². The molecule has 1 aliphatic rings. The van der Waals surface area contributed by atoms with Crippen molar-refractivity contribution >= 4 is 17.4 Å². The first kappa shape index (κ1) is 16.9. The summed E-state index contributed by atoms with van der Waals surface area (Å²) in [5.74, 6) is 0. The van der Waals surface area contributed by atoms with Gasteiger partial charge in [-0.3, -0.25) is 9.88 Å². The van der Waals surface area contributed by atoms with Crippen LogP contribution in [0.4, 0.5) is 4.79 Å². The Balaban J connectivity index is 1.35. The van der Waals surface area contributed by atoms with Crippen LogP contribution < -0.4 is 10.6 Å². The van der Waals surface area contributed by atoms with Gasteiger partial charge in [0.1, 0.15) is 0 Å². The Bertz CT molecular complexity index is 658. The predicted molar refractivity (Wildman–Crippen MR) is 97.2 cm³/mol. The van der Waals surface area contributed by atoms with E-state index in [-0.39, 0.29) is 6.03 Å². The van der Waals surface area contributed by atoms with Gasteiger partial charge in [-0.15, -0.1) is 11.3 Å². The highest BCUT2D eigenvalue weighted by atomic mass is 32.1. The molecule has 3 rings (SSSR count). The first-order valence-corrected chi connectivity index (χ1v) is 9.30. The summed E-state index contributed by atoms with van der Waals surface area (Å²) in [6, 6.07) is 6.39. The van der Waals surface area contributed by atoms with E-state index in [1.807, 2.05) is 29.7 Å². The molecule has 6 heteroatoms. The van der Waals surface area contributed by atoms with Crippen molar-refractivity contribution in [2.24, 2.45) is 0 Å². The highest BCUT2D eigenvalue weighted by Crippen LogP contribution is 2.24. The molecule has 2 aromatic rings. The number of nitrogens with one attached hydrogen (secondary N) is 2. The Morgan fingerprint density at radius 2 is 2.33 bits per heavy atom. The number of pyridine rings is 1. The summed E-state index contributed by atoms with van der Waals surface area (Å²) < 4.78 is 0. The normalized spacial score (nSPS) is 15.5. The van der Waals surface area contributed by atoms with E-state index in [4.69, 9.17) is 0 Å². The van der Waals surface area contributed by atoms with Gasteiger partial charge in [0.15, 0.2) is 0 Å². The van der Waals surface area contributed by atoms with Gasteiger partial charge in [0, 0.05) is 49.5 Å². The molecule has 2 amide bonds. The van der Waals surface area contributed by atoms with Gasteiger partial charge in [0.2, 0.25) is 0 Å². The maximum atomic E-state index is 11.9. The van der Waals surface area contributed by atoms with E-state index in [1.165, 1.54) is 10.4 Å². The number of thiophene rings is 1. The van der Waals surface area contributed by atoms with E-state index >= 15 is 0 Å². The third-order valence-corrected chi connectivity index (χ3v) is 5.46. The molecule has 2 aromatic heterocycles. The third-order valence-electron chi connectivity index (χ3n) is 4.44. The second kappa shape index (κ2) is 8.26. The van der Waals surface area contributed by atoms with E-state index < -0.39 is 0 Å². The number of urea groups is 1. The highest BCUT2D eigenvalue weighted by Gasteiger charge is 2.21. The SMILES string of the molecule is CC(CNC(=O)NCCc1cccnc1)N1CCc2sccc2C1. The van der Waals surface area contributed by atoms with Crippen molar-refractivity contribution in [2.45, 2.75) is 32.4 Å². The Labute approximate surface area is 147 Å². The summed E-state index contributed by atoms with van der Waals surface area (Å²) in [4.78, 5) is 19.9. The van der Waals surface area contributed by atoms with Crippen molar-refractivity contribution in [3.05, 3.63) is 52.0 Å². The fraction of sp³-hybridized carbons (Fsp3) is 0.444. The van der Waals surface area contributed by atoms with Crippen molar-refractivity contribution < 1.29 is 4.79 Å². The number of fused-ring (bicyclic) bond motifs is 1. The third kappa shape index (κ3) is 4.55. The molecule has 0 saturated heterocycles. The Kier molecular flexibility index (Phi) is 5.82. The number of amides is 2. The summed E-state index contributed by atoms with van der Waals surface area (Å²) in [7, 11) is 0. The van der Waals surface area contributed by atoms with Crippen molar-refractivity contribution in [3.8, 4) is 0 Å². The molecule has 0 spiro atoms. The molecule has 1 aliphatic heterocycles. The van der Waals surface area contributed by atoms with E-state index in [9.17, 15) is 4.79 Å². The zero-order valence-electron chi connectivity index (χ0n) is 14.0. The number of hydrogen-bond acceptors (Lipinski definition) is 4. The van der Waals surface area contributed by atoms with Gasteiger partial charge in [0.05, 0.1) is 0 Å².